The largest absolute Gasteiger partial charge is 0.481 e. The topological polar surface area (TPSA) is 57.5 Å². The summed E-state index contributed by atoms with van der Waals surface area (Å²) in [5, 5.41) is 22.2. The molecule has 0 atom stereocenters. The van der Waals surface area contributed by atoms with E-state index in [0.717, 1.165) is 54.0 Å². The lowest BCUT2D eigenvalue weighted by Crippen LogP contribution is -2.30. The minimum atomic E-state index is -0.868. The molecule has 21 heavy (non-hydrogen) atoms. The second-order valence-corrected chi connectivity index (χ2v) is 5.98. The van der Waals surface area contributed by atoms with Crippen LogP contribution in [0.4, 0.5) is 0 Å². The predicted molar refractivity (Wildman–Crippen MR) is 82.3 cm³/mol. The Morgan fingerprint density at radius 2 is 1.76 bits per heavy atom. The molecule has 2 aromatic carbocycles. The Kier molecular flexibility index (Phi) is 3.68. The third-order valence-corrected chi connectivity index (χ3v) is 4.55. The highest BCUT2D eigenvalue weighted by atomic mass is 16.4. The third kappa shape index (κ3) is 2.66. The minimum Gasteiger partial charge on any atom is -0.481 e. The summed E-state index contributed by atoms with van der Waals surface area (Å²) in [7, 11) is 0. The van der Waals surface area contributed by atoms with Crippen LogP contribution in [0.1, 0.15) is 43.2 Å². The maximum absolute atomic E-state index is 11.3. The van der Waals surface area contributed by atoms with E-state index in [1.165, 1.54) is 0 Å². The molecule has 1 aliphatic carbocycles. The molecule has 0 radical (unpaired) electrons. The van der Waals surface area contributed by atoms with Crippen LogP contribution in [0.25, 0.3) is 10.8 Å². The SMILES string of the molecule is O=C(O)Cc1c(C2(O)CCCCC2)ccc2ccccc12. The molecule has 0 aromatic heterocycles. The van der Waals surface area contributed by atoms with Crippen molar-refractivity contribution >= 4 is 16.7 Å². The van der Waals surface area contributed by atoms with Crippen molar-refractivity contribution in [1.82, 2.24) is 0 Å². The molecule has 0 spiro atoms. The molecule has 1 aliphatic rings. The molecule has 0 heterocycles. The summed E-state index contributed by atoms with van der Waals surface area (Å²) in [5.41, 5.74) is 0.709. The standard InChI is InChI=1S/C18H20O3/c19-17(20)12-15-14-7-3-2-6-13(14)8-9-16(15)18(21)10-4-1-5-11-18/h2-3,6-9,21H,1,4-5,10-12H2,(H,19,20). The Morgan fingerprint density at radius 3 is 2.48 bits per heavy atom. The van der Waals surface area contributed by atoms with Crippen LogP contribution in [-0.4, -0.2) is 16.2 Å². The highest BCUT2D eigenvalue weighted by Crippen LogP contribution is 2.40. The van der Waals surface area contributed by atoms with Crippen molar-refractivity contribution in [3.63, 3.8) is 0 Å². The van der Waals surface area contributed by atoms with Gasteiger partial charge in [-0.05, 0) is 34.7 Å². The van der Waals surface area contributed by atoms with Gasteiger partial charge in [-0.2, -0.15) is 0 Å². The lowest BCUT2D eigenvalue weighted by atomic mass is 9.76. The molecule has 0 saturated heterocycles. The summed E-state index contributed by atoms with van der Waals surface area (Å²) in [6, 6.07) is 11.7. The number of hydrogen-bond donors (Lipinski definition) is 2. The van der Waals surface area contributed by atoms with E-state index in [-0.39, 0.29) is 6.42 Å². The quantitative estimate of drug-likeness (QED) is 0.905. The van der Waals surface area contributed by atoms with Crippen molar-refractivity contribution in [1.29, 1.82) is 0 Å². The van der Waals surface area contributed by atoms with Crippen molar-refractivity contribution in [3.8, 4) is 0 Å². The molecule has 0 amide bonds. The molecule has 0 unspecified atom stereocenters. The van der Waals surface area contributed by atoms with E-state index in [0.29, 0.717) is 0 Å². The van der Waals surface area contributed by atoms with E-state index < -0.39 is 11.6 Å². The Balaban J connectivity index is 2.19. The van der Waals surface area contributed by atoms with Gasteiger partial charge >= 0.3 is 5.97 Å². The van der Waals surface area contributed by atoms with Crippen LogP contribution < -0.4 is 0 Å². The summed E-state index contributed by atoms with van der Waals surface area (Å²) < 4.78 is 0. The number of aliphatic hydroxyl groups is 1. The molecule has 1 fully saturated rings. The van der Waals surface area contributed by atoms with Gasteiger partial charge in [0, 0.05) is 0 Å². The molecule has 3 heteroatoms. The average molecular weight is 284 g/mol. The molecule has 1 saturated carbocycles. The highest BCUT2D eigenvalue weighted by molar-refractivity contribution is 5.90. The number of fused-ring (bicyclic) bond motifs is 1. The van der Waals surface area contributed by atoms with Crippen LogP contribution in [0, 0.1) is 0 Å². The third-order valence-electron chi connectivity index (χ3n) is 4.55. The maximum Gasteiger partial charge on any atom is 0.307 e. The number of aliphatic carboxylic acids is 1. The fraction of sp³-hybridized carbons (Fsp3) is 0.389. The van der Waals surface area contributed by atoms with Crippen molar-refractivity contribution in [3.05, 3.63) is 47.5 Å². The van der Waals surface area contributed by atoms with Crippen LogP contribution in [0.5, 0.6) is 0 Å². The van der Waals surface area contributed by atoms with E-state index in [1.54, 1.807) is 0 Å². The minimum absolute atomic E-state index is 0.0427. The zero-order valence-electron chi connectivity index (χ0n) is 12.0. The van der Waals surface area contributed by atoms with E-state index in [2.05, 4.69) is 0 Å². The van der Waals surface area contributed by atoms with Gasteiger partial charge in [0.05, 0.1) is 12.0 Å². The van der Waals surface area contributed by atoms with Gasteiger partial charge in [0.2, 0.25) is 0 Å². The summed E-state index contributed by atoms with van der Waals surface area (Å²) in [6.45, 7) is 0. The number of carboxylic acids is 1. The van der Waals surface area contributed by atoms with Gasteiger partial charge in [0.15, 0.2) is 0 Å². The number of rotatable bonds is 3. The van der Waals surface area contributed by atoms with Crippen LogP contribution in [0.15, 0.2) is 36.4 Å². The number of hydrogen-bond acceptors (Lipinski definition) is 2. The van der Waals surface area contributed by atoms with Gasteiger partial charge in [0.1, 0.15) is 0 Å². The second kappa shape index (κ2) is 5.49. The van der Waals surface area contributed by atoms with Crippen molar-refractivity contribution in [2.45, 2.75) is 44.1 Å². The van der Waals surface area contributed by atoms with Gasteiger partial charge in [0.25, 0.3) is 0 Å². The number of benzene rings is 2. The Morgan fingerprint density at radius 1 is 1.05 bits per heavy atom. The molecular formula is C18H20O3. The van der Waals surface area contributed by atoms with Crippen molar-refractivity contribution in [2.75, 3.05) is 0 Å². The van der Waals surface area contributed by atoms with Crippen LogP contribution in [0.2, 0.25) is 0 Å². The maximum atomic E-state index is 11.3. The fourth-order valence-corrected chi connectivity index (χ4v) is 3.52. The Bertz CT molecular complexity index is 669. The van der Waals surface area contributed by atoms with Crippen LogP contribution in [-0.2, 0) is 16.8 Å². The average Bonchev–Trinajstić information content (AvgIpc) is 2.47. The summed E-state index contributed by atoms with van der Waals surface area (Å²) in [5.74, 6) is -0.855. The van der Waals surface area contributed by atoms with Gasteiger partial charge in [-0.25, -0.2) is 0 Å². The number of carboxylic acid groups (broad SMARTS) is 1. The predicted octanol–water partition coefficient (Wildman–Crippen LogP) is 3.62. The summed E-state index contributed by atoms with van der Waals surface area (Å²) in [4.78, 5) is 11.3. The molecule has 3 rings (SSSR count). The lowest BCUT2D eigenvalue weighted by Gasteiger charge is -2.34. The first kappa shape index (κ1) is 14.1. The number of carbonyl (C=O) groups is 1. The van der Waals surface area contributed by atoms with Crippen molar-refractivity contribution in [2.24, 2.45) is 0 Å². The van der Waals surface area contributed by atoms with Gasteiger partial charge in [-0.1, -0.05) is 55.7 Å². The van der Waals surface area contributed by atoms with E-state index in [4.69, 9.17) is 0 Å². The molecule has 0 aliphatic heterocycles. The fourth-order valence-electron chi connectivity index (χ4n) is 3.52. The van der Waals surface area contributed by atoms with Gasteiger partial charge < -0.3 is 10.2 Å². The smallest absolute Gasteiger partial charge is 0.307 e. The molecule has 2 aromatic rings. The first-order chi connectivity index (χ1) is 10.1. The van der Waals surface area contributed by atoms with E-state index >= 15 is 0 Å². The molecule has 3 nitrogen and oxygen atoms in total. The Labute approximate surface area is 124 Å². The van der Waals surface area contributed by atoms with Crippen molar-refractivity contribution < 1.29 is 15.0 Å². The summed E-state index contributed by atoms with van der Waals surface area (Å²) >= 11 is 0. The van der Waals surface area contributed by atoms with E-state index in [1.807, 2.05) is 36.4 Å². The summed E-state index contributed by atoms with van der Waals surface area (Å²) in [6.07, 6.45) is 4.53. The first-order valence-corrected chi connectivity index (χ1v) is 7.55. The van der Waals surface area contributed by atoms with Crippen LogP contribution in [0.3, 0.4) is 0 Å². The highest BCUT2D eigenvalue weighted by Gasteiger charge is 2.33. The lowest BCUT2D eigenvalue weighted by molar-refractivity contribution is -0.136. The van der Waals surface area contributed by atoms with Gasteiger partial charge in [-0.3, -0.25) is 4.79 Å². The molecule has 0 bridgehead atoms. The van der Waals surface area contributed by atoms with Gasteiger partial charge in [-0.15, -0.1) is 0 Å². The zero-order valence-corrected chi connectivity index (χ0v) is 12.0. The molecular weight excluding hydrogens is 264 g/mol. The van der Waals surface area contributed by atoms with Crippen LogP contribution >= 0.6 is 0 Å². The second-order valence-electron chi connectivity index (χ2n) is 5.98. The first-order valence-electron chi connectivity index (χ1n) is 7.55. The normalized spacial score (nSPS) is 17.8. The van der Waals surface area contributed by atoms with E-state index in [9.17, 15) is 15.0 Å². The zero-order chi connectivity index (χ0) is 14.9. The monoisotopic (exact) mass is 284 g/mol. The molecule has 110 valence electrons. The molecule has 2 N–H and O–H groups in total. The Hall–Kier alpha value is -1.87.